The Labute approximate surface area is 104 Å². The van der Waals surface area contributed by atoms with E-state index in [4.69, 9.17) is 0 Å². The SMILES string of the molecule is Cc1ccc(/C=N/NCc2ccc(C)s2)s1. The summed E-state index contributed by atoms with van der Waals surface area (Å²) in [6, 6.07) is 8.46. The summed E-state index contributed by atoms with van der Waals surface area (Å²) >= 11 is 3.56. The molecular formula is C12H14N2S2. The molecule has 0 spiro atoms. The molecule has 0 fully saturated rings. The van der Waals surface area contributed by atoms with Gasteiger partial charge in [0.2, 0.25) is 0 Å². The van der Waals surface area contributed by atoms with E-state index in [0.717, 1.165) is 6.54 Å². The van der Waals surface area contributed by atoms with Gasteiger partial charge in [0.05, 0.1) is 12.8 Å². The molecule has 0 bridgehead atoms. The van der Waals surface area contributed by atoms with Gasteiger partial charge in [-0.1, -0.05) is 0 Å². The Kier molecular flexibility index (Phi) is 3.74. The van der Waals surface area contributed by atoms with Crippen LogP contribution in [0.3, 0.4) is 0 Å². The van der Waals surface area contributed by atoms with E-state index >= 15 is 0 Å². The zero-order valence-corrected chi connectivity index (χ0v) is 11.0. The van der Waals surface area contributed by atoms with Crippen LogP contribution < -0.4 is 5.43 Å². The fraction of sp³-hybridized carbons (Fsp3) is 0.250. The zero-order valence-electron chi connectivity index (χ0n) is 9.36. The second-order valence-electron chi connectivity index (χ2n) is 3.55. The maximum absolute atomic E-state index is 4.20. The molecule has 0 saturated heterocycles. The molecule has 84 valence electrons. The van der Waals surface area contributed by atoms with Crippen LogP contribution in [0.15, 0.2) is 29.4 Å². The van der Waals surface area contributed by atoms with Gasteiger partial charge >= 0.3 is 0 Å². The predicted molar refractivity (Wildman–Crippen MR) is 72.5 cm³/mol. The first-order chi connectivity index (χ1) is 7.74. The zero-order chi connectivity index (χ0) is 11.4. The van der Waals surface area contributed by atoms with Gasteiger partial charge in [-0.05, 0) is 38.1 Å². The standard InChI is InChI=1S/C12H14N2S2/c1-9-3-5-11(15-9)7-13-14-8-12-6-4-10(2)16-12/h3-7,14H,8H2,1-2H3/b13-7+. The lowest BCUT2D eigenvalue weighted by Gasteiger charge is -1.95. The number of nitrogens with one attached hydrogen (secondary N) is 1. The molecule has 1 N–H and O–H groups in total. The maximum atomic E-state index is 4.20. The Morgan fingerprint density at radius 3 is 2.50 bits per heavy atom. The molecule has 0 aliphatic heterocycles. The van der Waals surface area contributed by atoms with Crippen molar-refractivity contribution in [2.45, 2.75) is 20.4 Å². The molecule has 0 atom stereocenters. The lowest BCUT2D eigenvalue weighted by atomic mass is 10.4. The smallest absolute Gasteiger partial charge is 0.0673 e. The number of nitrogens with zero attached hydrogens (tertiary/aromatic N) is 1. The van der Waals surface area contributed by atoms with Crippen LogP contribution in [0.25, 0.3) is 0 Å². The summed E-state index contributed by atoms with van der Waals surface area (Å²) in [6.07, 6.45) is 1.87. The quantitative estimate of drug-likeness (QED) is 0.651. The van der Waals surface area contributed by atoms with Gasteiger partial charge in [-0.15, -0.1) is 22.7 Å². The summed E-state index contributed by atoms with van der Waals surface area (Å²) in [6.45, 7) is 5.02. The monoisotopic (exact) mass is 250 g/mol. The summed E-state index contributed by atoms with van der Waals surface area (Å²) in [4.78, 5) is 5.16. The van der Waals surface area contributed by atoms with Crippen molar-refractivity contribution in [3.8, 4) is 0 Å². The second-order valence-corrected chi connectivity index (χ2v) is 6.25. The van der Waals surface area contributed by atoms with Gasteiger partial charge in [-0.2, -0.15) is 5.10 Å². The van der Waals surface area contributed by atoms with Gasteiger partial charge in [-0.25, -0.2) is 0 Å². The van der Waals surface area contributed by atoms with E-state index in [-0.39, 0.29) is 0 Å². The van der Waals surface area contributed by atoms with Gasteiger partial charge in [0, 0.05) is 19.5 Å². The molecule has 0 radical (unpaired) electrons. The van der Waals surface area contributed by atoms with E-state index in [9.17, 15) is 0 Å². The van der Waals surface area contributed by atoms with Crippen molar-refractivity contribution >= 4 is 28.9 Å². The minimum atomic E-state index is 0.805. The van der Waals surface area contributed by atoms with Gasteiger partial charge < -0.3 is 5.43 Å². The molecule has 0 amide bonds. The molecule has 4 heteroatoms. The van der Waals surface area contributed by atoms with E-state index in [0.29, 0.717) is 0 Å². The maximum Gasteiger partial charge on any atom is 0.0673 e. The third kappa shape index (κ3) is 3.18. The highest BCUT2D eigenvalue weighted by molar-refractivity contribution is 7.13. The third-order valence-electron chi connectivity index (χ3n) is 2.09. The van der Waals surface area contributed by atoms with E-state index in [1.807, 2.05) is 6.21 Å². The molecule has 0 saturated carbocycles. The Bertz CT molecular complexity index is 483. The van der Waals surface area contributed by atoms with Crippen LogP contribution in [-0.2, 0) is 6.54 Å². The number of hydrogen-bond donors (Lipinski definition) is 1. The second kappa shape index (κ2) is 5.27. The van der Waals surface area contributed by atoms with E-state index in [2.05, 4.69) is 48.6 Å². The van der Waals surface area contributed by atoms with Crippen molar-refractivity contribution < 1.29 is 0 Å². The van der Waals surface area contributed by atoms with Crippen LogP contribution in [0.1, 0.15) is 19.5 Å². The topological polar surface area (TPSA) is 24.4 Å². The minimum absolute atomic E-state index is 0.805. The first kappa shape index (κ1) is 11.4. The highest BCUT2D eigenvalue weighted by Gasteiger charge is 1.94. The number of hydrogen-bond acceptors (Lipinski definition) is 4. The summed E-state index contributed by atoms with van der Waals surface area (Å²) < 4.78 is 0. The van der Waals surface area contributed by atoms with Crippen LogP contribution in [0.4, 0.5) is 0 Å². The molecule has 0 aliphatic carbocycles. The molecule has 0 unspecified atom stereocenters. The molecule has 0 aromatic carbocycles. The van der Waals surface area contributed by atoms with Gasteiger partial charge in [0.25, 0.3) is 0 Å². The summed E-state index contributed by atoms with van der Waals surface area (Å²) in [5.41, 5.74) is 3.06. The van der Waals surface area contributed by atoms with Crippen LogP contribution in [0, 0.1) is 13.8 Å². The van der Waals surface area contributed by atoms with Crippen LogP contribution in [0.2, 0.25) is 0 Å². The number of aryl methyl sites for hydroxylation is 2. The van der Waals surface area contributed by atoms with Crippen LogP contribution >= 0.6 is 22.7 Å². The number of thiophene rings is 2. The van der Waals surface area contributed by atoms with E-state index in [1.165, 1.54) is 19.5 Å². The minimum Gasteiger partial charge on any atom is -0.305 e. The van der Waals surface area contributed by atoms with Gasteiger partial charge in [0.1, 0.15) is 0 Å². The Morgan fingerprint density at radius 1 is 1.12 bits per heavy atom. The predicted octanol–water partition coefficient (Wildman–Crippen LogP) is 3.55. The van der Waals surface area contributed by atoms with Crippen molar-refractivity contribution in [1.29, 1.82) is 0 Å². The molecule has 0 aliphatic rings. The van der Waals surface area contributed by atoms with Crippen LogP contribution in [-0.4, -0.2) is 6.21 Å². The molecule has 2 nitrogen and oxygen atoms in total. The Hall–Kier alpha value is -1.13. The average molecular weight is 250 g/mol. The molecule has 2 heterocycles. The van der Waals surface area contributed by atoms with Crippen molar-refractivity contribution in [3.05, 3.63) is 43.8 Å². The van der Waals surface area contributed by atoms with Gasteiger partial charge in [-0.3, -0.25) is 0 Å². The summed E-state index contributed by atoms with van der Waals surface area (Å²) in [5.74, 6) is 0. The Balaban J connectivity index is 1.82. The van der Waals surface area contributed by atoms with Crippen molar-refractivity contribution in [2.75, 3.05) is 0 Å². The first-order valence-corrected chi connectivity index (χ1v) is 6.75. The largest absolute Gasteiger partial charge is 0.305 e. The first-order valence-electron chi connectivity index (χ1n) is 5.12. The molecular weight excluding hydrogens is 236 g/mol. The van der Waals surface area contributed by atoms with Crippen molar-refractivity contribution in [2.24, 2.45) is 5.10 Å². The molecule has 2 aromatic heterocycles. The van der Waals surface area contributed by atoms with Crippen LogP contribution in [0.5, 0.6) is 0 Å². The average Bonchev–Trinajstić information content (AvgIpc) is 2.83. The lowest BCUT2D eigenvalue weighted by molar-refractivity contribution is 0.758. The highest BCUT2D eigenvalue weighted by Crippen LogP contribution is 2.14. The summed E-state index contributed by atoms with van der Waals surface area (Å²) in [5, 5.41) is 4.20. The van der Waals surface area contributed by atoms with Crippen molar-refractivity contribution in [1.82, 2.24) is 5.43 Å². The van der Waals surface area contributed by atoms with Gasteiger partial charge in [0.15, 0.2) is 0 Å². The van der Waals surface area contributed by atoms with E-state index < -0.39 is 0 Å². The fourth-order valence-electron chi connectivity index (χ4n) is 1.34. The lowest BCUT2D eigenvalue weighted by Crippen LogP contribution is -2.03. The molecule has 2 rings (SSSR count). The van der Waals surface area contributed by atoms with Crippen molar-refractivity contribution in [3.63, 3.8) is 0 Å². The molecule has 2 aromatic rings. The number of rotatable bonds is 4. The normalized spacial score (nSPS) is 11.1. The third-order valence-corrected chi connectivity index (χ3v) is 4.03. The van der Waals surface area contributed by atoms with E-state index in [1.54, 1.807) is 22.7 Å². The Morgan fingerprint density at radius 2 is 1.88 bits per heavy atom. The summed E-state index contributed by atoms with van der Waals surface area (Å²) in [7, 11) is 0. The highest BCUT2D eigenvalue weighted by atomic mass is 32.1. The molecule has 16 heavy (non-hydrogen) atoms. The fourth-order valence-corrected chi connectivity index (χ4v) is 2.91. The number of hydrazone groups is 1.